The Kier molecular flexibility index (Phi) is 4.00. The van der Waals surface area contributed by atoms with Crippen LogP contribution in [0.25, 0.3) is 0 Å². The summed E-state index contributed by atoms with van der Waals surface area (Å²) in [5.74, 6) is -1.52. The third-order valence-corrected chi connectivity index (χ3v) is 2.71. The number of aromatic amines is 1. The molecule has 21 heavy (non-hydrogen) atoms. The molecule has 0 aliphatic carbocycles. The van der Waals surface area contributed by atoms with Crippen molar-refractivity contribution in [3.05, 3.63) is 57.5 Å². The van der Waals surface area contributed by atoms with E-state index in [1.54, 1.807) is 31.2 Å². The van der Waals surface area contributed by atoms with Gasteiger partial charge in [-0.3, -0.25) is 14.7 Å². The van der Waals surface area contributed by atoms with Gasteiger partial charge in [-0.15, -0.1) is 0 Å². The topological polar surface area (TPSA) is 105 Å². The Balaban J connectivity index is 2.52. The lowest BCUT2D eigenvalue weighted by atomic mass is 10.2. The summed E-state index contributed by atoms with van der Waals surface area (Å²) in [6, 6.07) is 9.65. The smallest absolute Gasteiger partial charge is 0.357 e. The fraction of sp³-hybridized carbons (Fsp3) is 0.143. The highest BCUT2D eigenvalue weighted by atomic mass is 16.5. The molecule has 7 heteroatoms. The van der Waals surface area contributed by atoms with Gasteiger partial charge in [0.05, 0.1) is 6.61 Å². The summed E-state index contributed by atoms with van der Waals surface area (Å²) in [5.41, 5.74) is -1.40. The summed E-state index contributed by atoms with van der Waals surface area (Å²) in [4.78, 5) is 35.9. The normalized spacial score (nSPS) is 9.90. The second-order valence-corrected chi connectivity index (χ2v) is 4.01. The molecule has 106 valence electrons. The molecule has 0 saturated carbocycles. The Morgan fingerprint density at radius 2 is 2.00 bits per heavy atom. The number of nitriles is 1. The maximum Gasteiger partial charge on any atom is 0.357 e. The molecule has 0 saturated heterocycles. The van der Waals surface area contributed by atoms with Crippen molar-refractivity contribution < 1.29 is 14.3 Å². The van der Waals surface area contributed by atoms with E-state index in [1.165, 1.54) is 12.1 Å². The van der Waals surface area contributed by atoms with E-state index >= 15 is 0 Å². The second-order valence-electron chi connectivity index (χ2n) is 4.01. The van der Waals surface area contributed by atoms with E-state index in [2.05, 4.69) is 5.10 Å². The van der Waals surface area contributed by atoms with Crippen LogP contribution in [0.15, 0.2) is 35.1 Å². The molecule has 0 amide bonds. The van der Waals surface area contributed by atoms with Gasteiger partial charge in [0, 0.05) is 5.56 Å². The van der Waals surface area contributed by atoms with Crippen molar-refractivity contribution in [2.24, 2.45) is 0 Å². The Morgan fingerprint density at radius 1 is 1.33 bits per heavy atom. The number of nitrogens with zero attached hydrogens (tertiary/aromatic N) is 2. The van der Waals surface area contributed by atoms with Gasteiger partial charge in [0.25, 0.3) is 11.5 Å². The van der Waals surface area contributed by atoms with Gasteiger partial charge < -0.3 is 4.74 Å². The van der Waals surface area contributed by atoms with Crippen LogP contribution in [-0.2, 0) is 4.74 Å². The molecule has 1 aromatic heterocycles. The summed E-state index contributed by atoms with van der Waals surface area (Å²) in [6.45, 7) is 1.68. The van der Waals surface area contributed by atoms with Gasteiger partial charge in [0.1, 0.15) is 6.07 Å². The molecular weight excluding hydrogens is 274 g/mol. The number of esters is 1. The minimum Gasteiger partial charge on any atom is -0.461 e. The molecule has 2 rings (SSSR count). The third-order valence-electron chi connectivity index (χ3n) is 2.71. The molecule has 0 bridgehead atoms. The predicted molar refractivity (Wildman–Crippen MR) is 71.9 cm³/mol. The number of carbonyl (C=O) groups is 2. The number of rotatable bonds is 3. The van der Waals surface area contributed by atoms with Crippen LogP contribution < -0.4 is 5.56 Å². The molecular formula is C14H11N3O4. The van der Waals surface area contributed by atoms with Crippen molar-refractivity contribution in [1.82, 2.24) is 9.78 Å². The summed E-state index contributed by atoms with van der Waals surface area (Å²) in [7, 11) is 0. The van der Waals surface area contributed by atoms with Crippen LogP contribution in [0.3, 0.4) is 0 Å². The second kappa shape index (κ2) is 5.88. The molecule has 0 aliphatic rings. The van der Waals surface area contributed by atoms with Gasteiger partial charge >= 0.3 is 5.97 Å². The molecule has 1 aromatic carbocycles. The van der Waals surface area contributed by atoms with Crippen molar-refractivity contribution in [3.8, 4) is 6.07 Å². The number of nitrogens with one attached hydrogen (secondary N) is 1. The molecule has 7 nitrogen and oxygen atoms in total. The highest BCUT2D eigenvalue weighted by Gasteiger charge is 2.24. The Bertz CT molecular complexity index is 781. The molecule has 0 aliphatic heterocycles. The quantitative estimate of drug-likeness (QED) is 0.844. The number of H-pyrrole nitrogens is 1. The summed E-state index contributed by atoms with van der Waals surface area (Å²) < 4.78 is 5.36. The number of aromatic nitrogens is 2. The summed E-state index contributed by atoms with van der Waals surface area (Å²) >= 11 is 0. The first kappa shape index (κ1) is 14.3. The number of hydrogen-bond donors (Lipinski definition) is 1. The Morgan fingerprint density at radius 3 is 2.57 bits per heavy atom. The van der Waals surface area contributed by atoms with Crippen molar-refractivity contribution in [1.29, 1.82) is 5.26 Å². The van der Waals surface area contributed by atoms with E-state index in [1.807, 2.05) is 0 Å². The van der Waals surface area contributed by atoms with E-state index in [0.717, 1.165) is 0 Å². The fourth-order valence-electron chi connectivity index (χ4n) is 1.74. The average molecular weight is 285 g/mol. The van der Waals surface area contributed by atoms with E-state index in [9.17, 15) is 14.4 Å². The maximum atomic E-state index is 12.2. The van der Waals surface area contributed by atoms with Gasteiger partial charge in [-0.05, 0) is 19.1 Å². The molecule has 0 fully saturated rings. The van der Waals surface area contributed by atoms with E-state index in [0.29, 0.717) is 4.68 Å². The van der Waals surface area contributed by atoms with E-state index < -0.39 is 23.0 Å². The van der Waals surface area contributed by atoms with Gasteiger partial charge in [-0.25, -0.2) is 4.79 Å². The molecule has 0 radical (unpaired) electrons. The van der Waals surface area contributed by atoms with E-state index in [4.69, 9.17) is 10.00 Å². The highest BCUT2D eigenvalue weighted by molar-refractivity contribution is 5.97. The van der Waals surface area contributed by atoms with Crippen LogP contribution in [0.2, 0.25) is 0 Å². The molecule has 0 spiro atoms. The molecule has 1 heterocycles. The largest absolute Gasteiger partial charge is 0.461 e. The minimum absolute atomic E-state index is 0.0868. The SMILES string of the molecule is CCOC(=O)c1[nH]n(C(=O)c2ccccc2)c(=O)c1C#N. The third kappa shape index (κ3) is 2.60. The lowest BCUT2D eigenvalue weighted by molar-refractivity contribution is 0.0518. The lowest BCUT2D eigenvalue weighted by Gasteiger charge is -2.01. The summed E-state index contributed by atoms with van der Waals surface area (Å²) in [5, 5.41) is 11.3. The van der Waals surface area contributed by atoms with Gasteiger partial charge in [-0.2, -0.15) is 9.94 Å². The first-order chi connectivity index (χ1) is 10.1. The first-order valence-electron chi connectivity index (χ1n) is 6.12. The van der Waals surface area contributed by atoms with Crippen molar-refractivity contribution in [3.63, 3.8) is 0 Å². The van der Waals surface area contributed by atoms with Gasteiger partial charge in [0.2, 0.25) is 0 Å². The van der Waals surface area contributed by atoms with Crippen molar-refractivity contribution in [2.75, 3.05) is 6.61 Å². The first-order valence-corrected chi connectivity index (χ1v) is 6.12. The highest BCUT2D eigenvalue weighted by Crippen LogP contribution is 2.05. The predicted octanol–water partition coefficient (Wildman–Crippen LogP) is 0.913. The van der Waals surface area contributed by atoms with Crippen LogP contribution >= 0.6 is 0 Å². The Labute approximate surface area is 119 Å². The zero-order valence-electron chi connectivity index (χ0n) is 11.1. The van der Waals surface area contributed by atoms with Crippen LogP contribution in [0, 0.1) is 11.3 Å². The zero-order chi connectivity index (χ0) is 15.4. The number of ether oxygens (including phenoxy) is 1. The Hall–Kier alpha value is -3.14. The number of carbonyl (C=O) groups excluding carboxylic acids is 2. The lowest BCUT2D eigenvalue weighted by Crippen LogP contribution is -2.26. The number of hydrogen-bond acceptors (Lipinski definition) is 5. The van der Waals surface area contributed by atoms with Crippen LogP contribution in [-0.4, -0.2) is 28.3 Å². The molecule has 2 aromatic rings. The maximum absolute atomic E-state index is 12.2. The summed E-state index contributed by atoms with van der Waals surface area (Å²) in [6.07, 6.45) is 0. The molecule has 1 N–H and O–H groups in total. The fourth-order valence-corrected chi connectivity index (χ4v) is 1.74. The van der Waals surface area contributed by atoms with Crippen LogP contribution in [0.4, 0.5) is 0 Å². The average Bonchev–Trinajstić information content (AvgIpc) is 2.84. The van der Waals surface area contributed by atoms with Crippen molar-refractivity contribution in [2.45, 2.75) is 6.92 Å². The van der Waals surface area contributed by atoms with Crippen LogP contribution in [0.5, 0.6) is 0 Å². The number of benzene rings is 1. The van der Waals surface area contributed by atoms with E-state index in [-0.39, 0.29) is 17.9 Å². The minimum atomic E-state index is -0.880. The van der Waals surface area contributed by atoms with Gasteiger partial charge in [-0.1, -0.05) is 18.2 Å². The standard InChI is InChI=1S/C14H11N3O4/c1-2-21-14(20)11-10(8-15)13(19)17(16-11)12(18)9-6-4-3-5-7-9/h3-7,16H,2H2,1H3. The molecule has 0 unspecified atom stereocenters. The van der Waals surface area contributed by atoms with Crippen molar-refractivity contribution >= 4 is 11.9 Å². The van der Waals surface area contributed by atoms with Gasteiger partial charge in [0.15, 0.2) is 11.3 Å². The van der Waals surface area contributed by atoms with Crippen LogP contribution in [0.1, 0.15) is 33.3 Å². The zero-order valence-corrected chi connectivity index (χ0v) is 11.1. The monoisotopic (exact) mass is 285 g/mol. The molecule has 0 atom stereocenters.